The molecule has 38 heavy (non-hydrogen) atoms. The average molecular weight is 662 g/mol. The molecule has 2 N–H and O–H groups in total. The highest BCUT2D eigenvalue weighted by atomic mass is 127. The number of amides is 1. The Morgan fingerprint density at radius 1 is 1.21 bits per heavy atom. The first-order valence-electron chi connectivity index (χ1n) is 11.0. The van der Waals surface area contributed by atoms with Crippen LogP contribution in [0.15, 0.2) is 46.9 Å². The molecule has 0 saturated carbocycles. The van der Waals surface area contributed by atoms with E-state index >= 15 is 0 Å². The molecule has 1 amide bonds. The molecule has 202 valence electrons. The van der Waals surface area contributed by atoms with Crippen LogP contribution in [0.5, 0.6) is 11.5 Å². The molecule has 0 atom stereocenters. The first-order valence-corrected chi connectivity index (χ1v) is 12.9. The van der Waals surface area contributed by atoms with Crippen LogP contribution in [-0.4, -0.2) is 43.4 Å². The number of methoxy groups -OCH3 is 1. The van der Waals surface area contributed by atoms with Crippen molar-refractivity contribution in [2.75, 3.05) is 25.6 Å². The van der Waals surface area contributed by atoms with Gasteiger partial charge in [-0.25, -0.2) is 15.2 Å². The molecule has 1 heterocycles. The summed E-state index contributed by atoms with van der Waals surface area (Å²) in [5.74, 6) is -0.179. The second-order valence-electron chi connectivity index (χ2n) is 7.45. The van der Waals surface area contributed by atoms with Crippen LogP contribution in [-0.2, 0) is 26.9 Å². The second-order valence-corrected chi connectivity index (χ2v) is 9.47. The van der Waals surface area contributed by atoms with Crippen LogP contribution in [0.25, 0.3) is 0 Å². The number of ether oxygens (including phenoxy) is 3. The van der Waals surface area contributed by atoms with E-state index in [-0.39, 0.29) is 18.7 Å². The quantitative estimate of drug-likeness (QED) is 0.127. The molecule has 0 aliphatic rings. The monoisotopic (exact) mass is 662 g/mol. The number of anilines is 2. The van der Waals surface area contributed by atoms with Crippen molar-refractivity contribution in [1.82, 2.24) is 10.4 Å². The van der Waals surface area contributed by atoms with Gasteiger partial charge in [0.1, 0.15) is 0 Å². The Labute approximate surface area is 233 Å². The molecule has 0 aliphatic heterocycles. The molecule has 2 aromatic carbocycles. The number of alkyl halides is 3. The molecule has 0 spiro atoms. The number of hydrogen-bond acceptors (Lipinski definition) is 9. The number of hydrazone groups is 1. The molecule has 0 bridgehead atoms. The van der Waals surface area contributed by atoms with Gasteiger partial charge in [0.2, 0.25) is 5.91 Å². The first-order chi connectivity index (χ1) is 18.1. The van der Waals surface area contributed by atoms with E-state index in [0.29, 0.717) is 38.1 Å². The first kappa shape index (κ1) is 29.2. The van der Waals surface area contributed by atoms with Gasteiger partial charge in [-0.15, -0.1) is 11.3 Å². The van der Waals surface area contributed by atoms with Crippen molar-refractivity contribution < 1.29 is 37.0 Å². The number of halogens is 4. The van der Waals surface area contributed by atoms with Gasteiger partial charge in [-0.2, -0.15) is 18.3 Å². The summed E-state index contributed by atoms with van der Waals surface area (Å²) < 4.78 is 55.1. The lowest BCUT2D eigenvalue weighted by molar-refractivity contribution is -0.143. The van der Waals surface area contributed by atoms with Crippen molar-refractivity contribution in [3.8, 4) is 11.5 Å². The summed E-state index contributed by atoms with van der Waals surface area (Å²) in [6, 6.07) is 8.14. The van der Waals surface area contributed by atoms with Crippen molar-refractivity contribution in [3.63, 3.8) is 0 Å². The van der Waals surface area contributed by atoms with Crippen molar-refractivity contribution in [1.29, 1.82) is 0 Å². The van der Waals surface area contributed by atoms with E-state index in [1.54, 1.807) is 24.4 Å². The van der Waals surface area contributed by atoms with Crippen LogP contribution in [0, 0.1) is 3.57 Å². The number of carbonyl (C=O) groups is 2. The van der Waals surface area contributed by atoms with E-state index in [2.05, 4.69) is 25.6 Å². The third-order valence-electron chi connectivity index (χ3n) is 4.63. The minimum atomic E-state index is -4.45. The predicted octanol–water partition coefficient (Wildman–Crippen LogP) is 5.15. The van der Waals surface area contributed by atoms with Gasteiger partial charge in [-0.3, -0.25) is 4.79 Å². The Balaban J connectivity index is 1.58. The molecular weight excluding hydrogens is 640 g/mol. The highest BCUT2D eigenvalue weighted by Crippen LogP contribution is 2.34. The maximum Gasteiger partial charge on any atom is 0.416 e. The summed E-state index contributed by atoms with van der Waals surface area (Å²) in [5, 5.41) is 8.75. The van der Waals surface area contributed by atoms with Crippen LogP contribution in [0.2, 0.25) is 0 Å². The van der Waals surface area contributed by atoms with E-state index in [9.17, 15) is 22.8 Å². The SMILES string of the molecule is CCOc1cc(/C=N\NC(=O)Cc2csc(Nc3cccc(C(F)(F)F)c3)n2)cc(I)c1OCC(=O)OC. The average Bonchev–Trinajstić information content (AvgIpc) is 3.29. The molecule has 0 unspecified atom stereocenters. The molecule has 3 rings (SSSR count). The molecule has 1 aromatic heterocycles. The number of thiazole rings is 1. The zero-order chi connectivity index (χ0) is 27.7. The third-order valence-corrected chi connectivity index (χ3v) is 6.24. The third kappa shape index (κ3) is 8.58. The number of hydrogen-bond donors (Lipinski definition) is 2. The van der Waals surface area contributed by atoms with E-state index in [1.807, 2.05) is 22.6 Å². The zero-order valence-corrected chi connectivity index (χ0v) is 23.1. The molecule has 0 fully saturated rings. The van der Waals surface area contributed by atoms with E-state index < -0.39 is 23.6 Å². The van der Waals surface area contributed by atoms with Gasteiger partial charge in [-0.05, 0) is 65.4 Å². The van der Waals surface area contributed by atoms with Crippen molar-refractivity contribution in [2.24, 2.45) is 5.10 Å². The molecule has 0 saturated heterocycles. The Morgan fingerprint density at radius 2 is 2.00 bits per heavy atom. The molecule has 0 radical (unpaired) electrons. The van der Waals surface area contributed by atoms with Gasteiger partial charge in [0.25, 0.3) is 0 Å². The number of aromatic nitrogens is 1. The summed E-state index contributed by atoms with van der Waals surface area (Å²) in [6.07, 6.45) is -3.11. The maximum absolute atomic E-state index is 12.9. The summed E-state index contributed by atoms with van der Waals surface area (Å²) in [7, 11) is 1.26. The molecule has 3 aromatic rings. The summed E-state index contributed by atoms with van der Waals surface area (Å²) in [5.41, 5.74) is 2.91. The van der Waals surface area contributed by atoms with Gasteiger partial charge in [0.15, 0.2) is 23.2 Å². The van der Waals surface area contributed by atoms with Crippen molar-refractivity contribution in [3.05, 3.63) is 62.2 Å². The number of nitrogens with one attached hydrogen (secondary N) is 2. The van der Waals surface area contributed by atoms with Crippen molar-refractivity contribution in [2.45, 2.75) is 19.5 Å². The van der Waals surface area contributed by atoms with E-state index in [4.69, 9.17) is 9.47 Å². The summed E-state index contributed by atoms with van der Waals surface area (Å²) >= 11 is 3.19. The lowest BCUT2D eigenvalue weighted by Crippen LogP contribution is -2.20. The van der Waals surface area contributed by atoms with E-state index in [0.717, 1.165) is 23.5 Å². The smallest absolute Gasteiger partial charge is 0.416 e. The predicted molar refractivity (Wildman–Crippen MR) is 144 cm³/mol. The normalized spacial score (nSPS) is 11.3. The Kier molecular flexibility index (Phi) is 10.3. The number of benzene rings is 2. The summed E-state index contributed by atoms with van der Waals surface area (Å²) in [4.78, 5) is 27.9. The zero-order valence-electron chi connectivity index (χ0n) is 20.1. The Morgan fingerprint density at radius 3 is 2.71 bits per heavy atom. The molecule has 9 nitrogen and oxygen atoms in total. The fraction of sp³-hybridized carbons (Fsp3) is 0.250. The topological polar surface area (TPSA) is 111 Å². The largest absolute Gasteiger partial charge is 0.490 e. The number of nitrogens with zero attached hydrogens (tertiary/aromatic N) is 2. The van der Waals surface area contributed by atoms with Gasteiger partial charge >= 0.3 is 12.1 Å². The number of carbonyl (C=O) groups excluding carboxylic acids is 2. The molecule has 0 aliphatic carbocycles. The second kappa shape index (κ2) is 13.4. The fourth-order valence-corrected chi connectivity index (χ4v) is 4.49. The van der Waals surface area contributed by atoms with Crippen LogP contribution in [0.3, 0.4) is 0 Å². The van der Waals surface area contributed by atoms with Gasteiger partial charge < -0.3 is 19.5 Å². The van der Waals surface area contributed by atoms with Crippen LogP contribution in [0.4, 0.5) is 24.0 Å². The highest BCUT2D eigenvalue weighted by molar-refractivity contribution is 14.1. The highest BCUT2D eigenvalue weighted by Gasteiger charge is 2.30. The molecule has 14 heteroatoms. The van der Waals surface area contributed by atoms with Gasteiger partial charge in [-0.1, -0.05) is 6.07 Å². The van der Waals surface area contributed by atoms with Gasteiger partial charge in [0, 0.05) is 11.1 Å². The lowest BCUT2D eigenvalue weighted by Gasteiger charge is -2.13. The minimum Gasteiger partial charge on any atom is -0.490 e. The maximum atomic E-state index is 12.9. The van der Waals surface area contributed by atoms with Gasteiger partial charge in [0.05, 0.1) is 41.2 Å². The fourth-order valence-electron chi connectivity index (χ4n) is 2.98. The number of esters is 1. The Hall–Kier alpha value is -3.40. The number of rotatable bonds is 11. The standard InChI is InChI=1S/C24H22F3IN4O5S/c1-3-36-19-8-14(7-18(28)22(19)37-12-21(34)35-2)11-29-32-20(33)10-17-13-38-23(31-17)30-16-6-4-5-15(9-16)24(25,26)27/h4-9,11,13H,3,10,12H2,1-2H3,(H,30,31)(H,32,33)/b29-11-. The molecular formula is C24H22F3IN4O5S. The van der Waals surface area contributed by atoms with Crippen LogP contribution >= 0.6 is 33.9 Å². The van der Waals surface area contributed by atoms with Crippen LogP contribution < -0.4 is 20.2 Å². The lowest BCUT2D eigenvalue weighted by atomic mass is 10.2. The Bertz CT molecular complexity index is 1320. The van der Waals surface area contributed by atoms with Crippen LogP contribution in [0.1, 0.15) is 23.7 Å². The van der Waals surface area contributed by atoms with Crippen molar-refractivity contribution >= 4 is 62.8 Å². The van der Waals surface area contributed by atoms with E-state index in [1.165, 1.54) is 25.5 Å². The minimum absolute atomic E-state index is 0.0832. The summed E-state index contributed by atoms with van der Waals surface area (Å²) in [6.45, 7) is 1.89.